The van der Waals surface area contributed by atoms with E-state index in [-0.39, 0.29) is 109 Å². The molecule has 3 aliphatic heterocycles. The summed E-state index contributed by atoms with van der Waals surface area (Å²) in [5.41, 5.74) is 5.94. The third kappa shape index (κ3) is 19.2. The highest BCUT2D eigenvalue weighted by Crippen LogP contribution is 2.55. The molecule has 4 aromatic rings. The van der Waals surface area contributed by atoms with E-state index in [1.165, 1.54) is 56.3 Å². The number of nitrogens with two attached hydrogens (primary N) is 1. The van der Waals surface area contributed by atoms with Crippen molar-refractivity contribution in [3.63, 3.8) is 0 Å². The minimum absolute atomic E-state index is 0.00535. The molecule has 3 unspecified atom stereocenters. The van der Waals surface area contributed by atoms with Crippen LogP contribution in [0.2, 0.25) is 0 Å². The zero-order valence-electron chi connectivity index (χ0n) is 47.6. The second-order valence-electron chi connectivity index (χ2n) is 20.3. The standard InChI is InChI=1S/C46H66F2N14O19P2S4/c1-25(19-29(65)66)40(67)50-10-15-72-14-8-28(64)59(5)12-11-58(4)27(63)7-9-46(2,3)87-86-18-17-74-45(69)60(6)13-16-73-44(68)57-37-33-39(54-22-52-37)62(24-56-33)42-31(48)35-43(77-42)78-81-83(71,85)79-34-26(20-75-82(70,84)80-35)76-41(30(34)47)61-23-55-32-36(49)51-21-53-38(32)61/h21-26,30-31,34-35,41-43H,7-20H2,1-6H3,(H,50,67)(H,65,66)(H,70,84)(H,71,85)(H2,49,51,53)(H,52,54,57,68)/t25?,26-,30-,31-,34-,35+,41-,42-,43-,82?,83?/m1/s1. The van der Waals surface area contributed by atoms with E-state index in [1.807, 2.05) is 13.8 Å². The number of fused-ring (bicyclic) bond motifs is 4. The summed E-state index contributed by atoms with van der Waals surface area (Å²) in [5.74, 6) is -2.13. The fourth-order valence-corrected chi connectivity index (χ4v) is 13.4. The number of carboxylic acid groups (broad SMARTS) is 1. The van der Waals surface area contributed by atoms with Gasteiger partial charge in [0.1, 0.15) is 43.6 Å². The minimum Gasteiger partial charge on any atom is -0.481 e. The number of carbonyl (C=O) groups is 6. The van der Waals surface area contributed by atoms with E-state index in [0.717, 1.165) is 23.5 Å². The van der Waals surface area contributed by atoms with Gasteiger partial charge in [0.2, 0.25) is 24.0 Å². The van der Waals surface area contributed by atoms with Gasteiger partial charge in [0.15, 0.2) is 59.3 Å². The van der Waals surface area contributed by atoms with Crippen LogP contribution in [0, 0.1) is 5.92 Å². The summed E-state index contributed by atoms with van der Waals surface area (Å²) < 4.78 is 84.1. The molecule has 7 rings (SSSR count). The third-order valence-electron chi connectivity index (χ3n) is 13.2. The smallest absolute Gasteiger partial charge is 0.412 e. The predicted octanol–water partition coefficient (Wildman–Crippen LogP) is 2.97. The summed E-state index contributed by atoms with van der Waals surface area (Å²) >= 11 is 10.3. The molecule has 0 spiro atoms. The van der Waals surface area contributed by atoms with Crippen LogP contribution >= 0.6 is 35.0 Å². The molecular formula is C46H66F2N14O19P2S4. The molecule has 7 heterocycles. The SMILES string of the molecule is CC(CC(=O)O)C(=O)NCCOCCC(=O)N(C)CCN(C)C(=O)CCC(C)(C)SSCCOC(=O)N(C)CCOC(=O)Nc1ncnc2c1ncn2[C@@H]1O[C@@H]2OOP(O)(=S)O[C@H]3[C@@H](F)[C@H](n4cnc5c(N)ncnc54)O[C@@H]3COP(O)(=S)O[C@H]2[C@H]1F. The number of nitrogens with zero attached hydrogens (tertiary/aromatic N) is 11. The van der Waals surface area contributed by atoms with Crippen LogP contribution in [0.5, 0.6) is 0 Å². The Kier molecular flexibility index (Phi) is 24.7. The lowest BCUT2D eigenvalue weighted by Crippen LogP contribution is -2.38. The molecule has 5 amide bonds. The second kappa shape index (κ2) is 31.0. The first-order chi connectivity index (χ1) is 41.1. The van der Waals surface area contributed by atoms with Gasteiger partial charge in [-0.1, -0.05) is 28.5 Å². The van der Waals surface area contributed by atoms with Gasteiger partial charge in [0.25, 0.3) is 0 Å². The van der Waals surface area contributed by atoms with E-state index in [0.29, 0.717) is 25.3 Å². The lowest BCUT2D eigenvalue weighted by molar-refractivity contribution is -0.336. The number of halogens is 2. The number of anilines is 2. The highest BCUT2D eigenvalue weighted by molar-refractivity contribution is 8.77. The number of likely N-dealkylation sites (N-methyl/N-ethyl adjacent to an activating group) is 3. The largest absolute Gasteiger partial charge is 0.481 e. The molecule has 0 radical (unpaired) electrons. The normalized spacial score (nSPS) is 25.3. The maximum Gasteiger partial charge on any atom is 0.412 e. The van der Waals surface area contributed by atoms with E-state index >= 15 is 8.78 Å². The van der Waals surface area contributed by atoms with Crippen LogP contribution < -0.4 is 16.4 Å². The van der Waals surface area contributed by atoms with Gasteiger partial charge in [-0.3, -0.25) is 42.7 Å². The van der Waals surface area contributed by atoms with Gasteiger partial charge >= 0.3 is 31.6 Å². The lowest BCUT2D eigenvalue weighted by atomic mass is 10.1. The fraction of sp³-hybridized carbons (Fsp3) is 0.652. The number of amides is 5. The van der Waals surface area contributed by atoms with Gasteiger partial charge in [0, 0.05) is 63.6 Å². The zero-order valence-corrected chi connectivity index (χ0v) is 52.6. The number of rotatable bonds is 26. The number of nitrogen functional groups attached to an aromatic ring is 1. The molecule has 0 saturated carbocycles. The summed E-state index contributed by atoms with van der Waals surface area (Å²) in [4.78, 5) is 130. The Morgan fingerprint density at radius 3 is 2.16 bits per heavy atom. The summed E-state index contributed by atoms with van der Waals surface area (Å²) in [6, 6.07) is 0. The Labute approximate surface area is 513 Å². The van der Waals surface area contributed by atoms with Crippen molar-refractivity contribution in [3.05, 3.63) is 25.3 Å². The molecule has 4 aromatic heterocycles. The summed E-state index contributed by atoms with van der Waals surface area (Å²) in [5, 5.41) is 13.8. The first-order valence-corrected chi connectivity index (χ1v) is 34.0. The van der Waals surface area contributed by atoms with Gasteiger partial charge in [-0.2, -0.15) is 4.89 Å². The lowest BCUT2D eigenvalue weighted by Gasteiger charge is -2.29. The first kappa shape index (κ1) is 69.3. The average Bonchev–Trinajstić information content (AvgIpc) is 1.68. The van der Waals surface area contributed by atoms with Gasteiger partial charge in [-0.25, -0.2) is 48.3 Å². The van der Waals surface area contributed by atoms with Crippen molar-refractivity contribution in [2.45, 2.75) is 101 Å². The van der Waals surface area contributed by atoms with E-state index in [2.05, 4.69) is 40.5 Å². The molecule has 0 aliphatic carbocycles. The molecule has 33 nitrogen and oxygen atoms in total. The first-order valence-electron chi connectivity index (χ1n) is 26.5. The summed E-state index contributed by atoms with van der Waals surface area (Å²) in [6.45, 7) is -3.50. The van der Waals surface area contributed by atoms with E-state index in [4.69, 9.17) is 81.3 Å². The Hall–Kier alpha value is -5.22. The van der Waals surface area contributed by atoms with Crippen molar-refractivity contribution in [2.75, 3.05) is 97.2 Å². The predicted molar refractivity (Wildman–Crippen MR) is 311 cm³/mol. The molecule has 3 saturated heterocycles. The highest BCUT2D eigenvalue weighted by Gasteiger charge is 2.55. The van der Waals surface area contributed by atoms with Crippen LogP contribution in [-0.4, -0.2) is 232 Å². The molecule has 7 N–H and O–H groups in total. The number of aromatic nitrogens is 8. The van der Waals surface area contributed by atoms with Crippen molar-refractivity contribution in [1.82, 2.24) is 59.1 Å². The molecule has 11 atom stereocenters. The van der Waals surface area contributed by atoms with Crippen LogP contribution in [-0.2, 0) is 89.6 Å². The van der Waals surface area contributed by atoms with Crippen LogP contribution in [0.3, 0.4) is 0 Å². The van der Waals surface area contributed by atoms with E-state index in [9.17, 15) is 38.6 Å². The molecule has 41 heteroatoms. The van der Waals surface area contributed by atoms with Gasteiger partial charge in [-0.15, -0.1) is 4.67 Å². The number of nitrogens with one attached hydrogen (secondary N) is 2. The zero-order chi connectivity index (χ0) is 63.4. The quantitative estimate of drug-likeness (QED) is 0.0228. The van der Waals surface area contributed by atoms with E-state index < -0.39 is 99.4 Å². The second-order valence-corrected chi connectivity index (χ2v) is 28.9. The van der Waals surface area contributed by atoms with Crippen LogP contribution in [0.4, 0.5) is 30.0 Å². The number of hydrogen-bond donors (Lipinski definition) is 6. The summed E-state index contributed by atoms with van der Waals surface area (Å²) in [7, 11) is 7.75. The minimum atomic E-state index is -4.61. The van der Waals surface area contributed by atoms with Crippen molar-refractivity contribution >= 4 is 128 Å². The number of ether oxygens (including phenoxy) is 5. The van der Waals surface area contributed by atoms with Crippen molar-refractivity contribution in [3.8, 4) is 0 Å². The number of imidazole rings is 2. The average molecular weight is 1350 g/mol. The maximum atomic E-state index is 16.6. The Morgan fingerprint density at radius 1 is 0.828 bits per heavy atom. The number of alkyl halides is 2. The van der Waals surface area contributed by atoms with Crippen molar-refractivity contribution < 1.29 is 99.3 Å². The molecule has 482 valence electrons. The van der Waals surface area contributed by atoms with Crippen molar-refractivity contribution in [1.29, 1.82) is 0 Å². The highest BCUT2D eigenvalue weighted by atomic mass is 33.1. The fourth-order valence-electron chi connectivity index (χ4n) is 8.38. The third-order valence-corrected chi connectivity index (χ3v) is 19.3. The molecule has 3 fully saturated rings. The number of hydrogen-bond acceptors (Lipinski definition) is 27. The molecule has 3 aliphatic rings. The Bertz CT molecular complexity index is 3190. The molecule has 0 bridgehead atoms. The van der Waals surface area contributed by atoms with Crippen LogP contribution in [0.1, 0.15) is 58.9 Å². The van der Waals surface area contributed by atoms with Gasteiger partial charge < -0.3 is 68.9 Å². The molecular weight excluding hydrogens is 1280 g/mol. The van der Waals surface area contributed by atoms with Crippen molar-refractivity contribution in [2.24, 2.45) is 5.92 Å². The number of aliphatic carboxylic acids is 1. The Balaban J connectivity index is 0.790. The topological polar surface area (TPSA) is 402 Å². The maximum absolute atomic E-state index is 16.6. The molecule has 0 aromatic carbocycles. The van der Waals surface area contributed by atoms with Crippen LogP contribution in [0.15, 0.2) is 25.3 Å². The number of carbonyl (C=O) groups excluding carboxylic acids is 5. The van der Waals surface area contributed by atoms with Gasteiger partial charge in [-0.05, 0) is 43.9 Å². The molecule has 87 heavy (non-hydrogen) atoms. The number of carboxylic acids is 1. The Morgan fingerprint density at radius 2 is 1.46 bits per heavy atom. The van der Waals surface area contributed by atoms with Crippen LogP contribution in [0.25, 0.3) is 22.3 Å². The van der Waals surface area contributed by atoms with Gasteiger partial charge in [0.05, 0.1) is 51.9 Å². The summed E-state index contributed by atoms with van der Waals surface area (Å²) in [6.07, 6.45) is -11.4. The monoisotopic (exact) mass is 1350 g/mol. The van der Waals surface area contributed by atoms with E-state index in [1.54, 1.807) is 19.0 Å².